The fraction of sp³-hybridized carbons (Fsp3) is 0.148. The smallest absolute Gasteiger partial charge is 0.271 e. The van der Waals surface area contributed by atoms with E-state index in [1.54, 1.807) is 55.5 Å². The Labute approximate surface area is 225 Å². The normalized spacial score (nSPS) is 15.5. The van der Waals surface area contributed by atoms with Crippen LogP contribution < -0.4 is 19.6 Å². The number of allylic oxidation sites excluding steroid dienone is 2. The molecule has 0 fully saturated rings. The number of benzene rings is 2. The lowest BCUT2D eigenvalue weighted by atomic mass is 9.98. The molecule has 0 saturated heterocycles. The highest BCUT2D eigenvalue weighted by atomic mass is 35.5. The highest BCUT2D eigenvalue weighted by molar-refractivity contribution is 7.07. The molecule has 4 aromatic rings. The maximum Gasteiger partial charge on any atom is 0.271 e. The number of fused-ring (bicyclic) bond motifs is 1. The van der Waals surface area contributed by atoms with E-state index in [0.717, 1.165) is 0 Å². The summed E-state index contributed by atoms with van der Waals surface area (Å²) in [6, 6.07) is 12.7. The summed E-state index contributed by atoms with van der Waals surface area (Å²) in [5.41, 5.74) is 1.95. The number of hydrogen-bond donors (Lipinski definition) is 1. The third kappa shape index (κ3) is 4.52. The van der Waals surface area contributed by atoms with Crippen LogP contribution in [0.15, 0.2) is 74.0 Å². The molecule has 1 atom stereocenters. The third-order valence-electron chi connectivity index (χ3n) is 6.00. The van der Waals surface area contributed by atoms with Gasteiger partial charge in [0.2, 0.25) is 0 Å². The van der Waals surface area contributed by atoms with Crippen LogP contribution in [-0.2, 0) is 4.79 Å². The zero-order chi connectivity index (χ0) is 26.4. The number of carbonyl (C=O) groups excluding carboxylic acids is 1. The number of thiazole rings is 1. The first-order valence-electron chi connectivity index (χ1n) is 11.1. The van der Waals surface area contributed by atoms with Crippen LogP contribution in [0.3, 0.4) is 0 Å². The van der Waals surface area contributed by atoms with Crippen LogP contribution in [-0.4, -0.2) is 22.6 Å². The number of ketones is 1. The van der Waals surface area contributed by atoms with Crippen molar-refractivity contribution in [1.82, 2.24) is 4.57 Å². The molecule has 0 spiro atoms. The number of furan rings is 1. The molecule has 0 unspecified atom stereocenters. The highest BCUT2D eigenvalue weighted by Crippen LogP contribution is 2.35. The van der Waals surface area contributed by atoms with Crippen molar-refractivity contribution in [2.45, 2.75) is 19.9 Å². The summed E-state index contributed by atoms with van der Waals surface area (Å²) in [6.45, 7) is 3.19. The fourth-order valence-corrected chi connectivity index (χ4v) is 5.62. The summed E-state index contributed by atoms with van der Waals surface area (Å²) >= 11 is 13.4. The van der Waals surface area contributed by atoms with Crippen molar-refractivity contribution in [3.8, 4) is 22.8 Å². The number of hydrogen-bond acceptors (Lipinski definition) is 7. The minimum absolute atomic E-state index is 0.00145. The zero-order valence-corrected chi connectivity index (χ0v) is 22.2. The third-order valence-corrected chi connectivity index (χ3v) is 7.72. The van der Waals surface area contributed by atoms with E-state index in [1.807, 2.05) is 0 Å². The molecule has 0 bridgehead atoms. The van der Waals surface area contributed by atoms with Crippen molar-refractivity contribution in [3.63, 3.8) is 0 Å². The number of ether oxygens (including phenoxy) is 1. The van der Waals surface area contributed by atoms with Gasteiger partial charge in [-0.05, 0) is 68.0 Å². The lowest BCUT2D eigenvalue weighted by Gasteiger charge is -2.22. The molecule has 1 aliphatic rings. The summed E-state index contributed by atoms with van der Waals surface area (Å²) in [7, 11) is 1.45. The highest BCUT2D eigenvalue weighted by Gasteiger charge is 2.33. The van der Waals surface area contributed by atoms with Crippen LogP contribution >= 0.6 is 34.5 Å². The average molecular weight is 555 g/mol. The number of Topliss-reactive ketones (excluding diaryl/α,β-unsaturated/α-hetero) is 1. The van der Waals surface area contributed by atoms with Gasteiger partial charge < -0.3 is 14.3 Å². The minimum Gasteiger partial charge on any atom is -0.504 e. The van der Waals surface area contributed by atoms with Crippen LogP contribution in [0.1, 0.15) is 31.2 Å². The molecule has 5 rings (SSSR count). The van der Waals surface area contributed by atoms with Gasteiger partial charge in [0, 0.05) is 16.8 Å². The molecule has 0 radical (unpaired) electrons. The molecule has 0 amide bonds. The number of halogens is 2. The second kappa shape index (κ2) is 9.70. The monoisotopic (exact) mass is 554 g/mol. The number of rotatable bonds is 5. The summed E-state index contributed by atoms with van der Waals surface area (Å²) in [5, 5.41) is 10.7. The molecule has 1 aliphatic heterocycles. The predicted octanol–water partition coefficient (Wildman–Crippen LogP) is 5.11. The second-order valence-corrected chi connectivity index (χ2v) is 10.2. The number of methoxy groups -OCH3 is 1. The van der Waals surface area contributed by atoms with E-state index in [0.29, 0.717) is 59.0 Å². The number of phenols is 1. The summed E-state index contributed by atoms with van der Waals surface area (Å²) < 4.78 is 13.2. The van der Waals surface area contributed by atoms with Gasteiger partial charge in [0.05, 0.1) is 21.7 Å². The van der Waals surface area contributed by atoms with E-state index in [4.69, 9.17) is 32.4 Å². The van der Waals surface area contributed by atoms with Gasteiger partial charge in [-0.3, -0.25) is 14.2 Å². The van der Waals surface area contributed by atoms with Crippen LogP contribution in [0.4, 0.5) is 0 Å². The Hall–Kier alpha value is -3.59. The molecule has 0 aliphatic carbocycles. The van der Waals surface area contributed by atoms with Crippen LogP contribution in [0.2, 0.25) is 10.0 Å². The Balaban J connectivity index is 1.67. The van der Waals surface area contributed by atoms with Crippen molar-refractivity contribution >= 4 is 46.4 Å². The summed E-state index contributed by atoms with van der Waals surface area (Å²) in [4.78, 5) is 31.4. The van der Waals surface area contributed by atoms with Gasteiger partial charge in [-0.2, -0.15) is 0 Å². The Kier molecular flexibility index (Phi) is 6.58. The van der Waals surface area contributed by atoms with E-state index >= 15 is 0 Å². The Morgan fingerprint density at radius 1 is 1.16 bits per heavy atom. The molecular weight excluding hydrogens is 535 g/mol. The van der Waals surface area contributed by atoms with Crippen molar-refractivity contribution in [1.29, 1.82) is 0 Å². The lowest BCUT2D eigenvalue weighted by molar-refractivity contribution is -0.114. The molecule has 2 aromatic carbocycles. The minimum atomic E-state index is -0.790. The van der Waals surface area contributed by atoms with E-state index in [2.05, 4.69) is 4.99 Å². The number of aromatic hydroxyl groups is 1. The summed E-state index contributed by atoms with van der Waals surface area (Å²) in [5.74, 6) is 1.01. The van der Waals surface area contributed by atoms with Gasteiger partial charge in [-0.1, -0.05) is 40.6 Å². The SMILES string of the molecule is COc1cc(/C=c2/sc3n(c2=O)[C@@H](c2ccc(-c4ccc(Cl)c(Cl)c4)o2)C(C(C)=O)=C(C)N=3)ccc1O. The molecular formula is C27H20Cl2N2O5S. The number of carbonyl (C=O) groups is 1. The number of nitrogens with zero attached hydrogens (tertiary/aromatic N) is 2. The lowest BCUT2D eigenvalue weighted by Crippen LogP contribution is -2.39. The van der Waals surface area contributed by atoms with Crippen molar-refractivity contribution in [2.24, 2.45) is 4.99 Å². The average Bonchev–Trinajstić information content (AvgIpc) is 3.46. The second-order valence-electron chi connectivity index (χ2n) is 8.40. The first-order chi connectivity index (χ1) is 17.7. The number of phenolic OH excluding ortho intramolecular Hbond substituents is 1. The van der Waals surface area contributed by atoms with Crippen LogP contribution in [0.5, 0.6) is 11.5 Å². The van der Waals surface area contributed by atoms with Gasteiger partial charge in [0.25, 0.3) is 5.56 Å². The molecule has 3 heterocycles. The van der Waals surface area contributed by atoms with E-state index in [1.165, 1.54) is 36.0 Å². The summed E-state index contributed by atoms with van der Waals surface area (Å²) in [6.07, 6.45) is 1.69. The van der Waals surface area contributed by atoms with Gasteiger partial charge in [0.1, 0.15) is 17.6 Å². The van der Waals surface area contributed by atoms with Crippen LogP contribution in [0.25, 0.3) is 17.4 Å². The first-order valence-corrected chi connectivity index (χ1v) is 12.7. The maximum atomic E-state index is 13.7. The Morgan fingerprint density at radius 3 is 2.65 bits per heavy atom. The number of aromatic nitrogens is 1. The van der Waals surface area contributed by atoms with Gasteiger partial charge in [-0.25, -0.2) is 4.99 Å². The largest absolute Gasteiger partial charge is 0.504 e. The zero-order valence-electron chi connectivity index (χ0n) is 19.9. The molecule has 10 heteroatoms. The molecule has 2 aromatic heterocycles. The van der Waals surface area contributed by atoms with Crippen molar-refractivity contribution in [3.05, 3.63) is 101 Å². The predicted molar refractivity (Wildman–Crippen MR) is 143 cm³/mol. The quantitative estimate of drug-likeness (QED) is 0.370. The fourth-order valence-electron chi connectivity index (χ4n) is 4.28. The van der Waals surface area contributed by atoms with E-state index < -0.39 is 6.04 Å². The van der Waals surface area contributed by atoms with Crippen molar-refractivity contribution < 1.29 is 19.1 Å². The maximum absolute atomic E-state index is 13.7. The Bertz CT molecular complexity index is 1780. The standard InChI is InChI=1S/C27H20Cl2N2O5S/c1-13-24(14(2)32)25(21-9-8-20(36-21)16-5-6-17(28)18(29)12-16)31-26(34)23(37-27(31)30-13)11-15-4-7-19(33)22(10-15)35-3/h4-12,25,33H,1-3H3/b23-11+/t25-/m0/s1. The van der Waals surface area contributed by atoms with E-state index in [9.17, 15) is 14.7 Å². The molecule has 7 nitrogen and oxygen atoms in total. The topological polar surface area (TPSA) is 94.0 Å². The molecule has 1 N–H and O–H groups in total. The van der Waals surface area contributed by atoms with E-state index in [-0.39, 0.29) is 17.1 Å². The van der Waals surface area contributed by atoms with Gasteiger partial charge in [-0.15, -0.1) is 0 Å². The van der Waals surface area contributed by atoms with Crippen molar-refractivity contribution in [2.75, 3.05) is 7.11 Å². The Morgan fingerprint density at radius 2 is 1.95 bits per heavy atom. The molecule has 37 heavy (non-hydrogen) atoms. The van der Waals surface area contributed by atoms with Gasteiger partial charge in [0.15, 0.2) is 22.1 Å². The van der Waals surface area contributed by atoms with Crippen LogP contribution in [0, 0.1) is 0 Å². The van der Waals surface area contributed by atoms with Gasteiger partial charge >= 0.3 is 0 Å². The first kappa shape index (κ1) is 25.1. The molecule has 188 valence electrons. The molecule has 0 saturated carbocycles.